The maximum atomic E-state index is 11.9. The highest BCUT2D eigenvalue weighted by Crippen LogP contribution is 2.23. The number of nitrogens with one attached hydrogen (secondary N) is 1. The molecule has 1 aromatic carbocycles. The largest absolute Gasteiger partial charge is 0.395 e. The minimum absolute atomic E-state index is 0.0300. The van der Waals surface area contributed by atoms with Crippen molar-refractivity contribution < 1.29 is 9.90 Å². The van der Waals surface area contributed by atoms with Gasteiger partial charge in [0.15, 0.2) is 0 Å². The van der Waals surface area contributed by atoms with Gasteiger partial charge < -0.3 is 20.2 Å². The summed E-state index contributed by atoms with van der Waals surface area (Å²) in [6.45, 7) is 2.47. The number of hydrogen-bond donors (Lipinski definition) is 2. The second-order valence-electron chi connectivity index (χ2n) is 5.17. The number of aliphatic hydroxyl groups is 1. The number of urea groups is 1. The fourth-order valence-electron chi connectivity index (χ4n) is 2.40. The van der Waals surface area contributed by atoms with E-state index in [2.05, 4.69) is 16.3 Å². The van der Waals surface area contributed by atoms with Crippen molar-refractivity contribution in [2.45, 2.75) is 19.3 Å². The summed E-state index contributed by atoms with van der Waals surface area (Å²) in [5.74, 6) is 0. The smallest absolute Gasteiger partial charge is 0.321 e. The van der Waals surface area contributed by atoms with Crippen LogP contribution in [0.4, 0.5) is 16.2 Å². The number of anilines is 2. The van der Waals surface area contributed by atoms with Gasteiger partial charge in [-0.2, -0.15) is 0 Å². The van der Waals surface area contributed by atoms with E-state index in [1.165, 1.54) is 24.2 Å². The summed E-state index contributed by atoms with van der Waals surface area (Å²) in [4.78, 5) is 15.7. The molecule has 20 heavy (non-hydrogen) atoms. The van der Waals surface area contributed by atoms with Gasteiger partial charge in [0.1, 0.15) is 0 Å². The molecule has 0 aromatic heterocycles. The van der Waals surface area contributed by atoms with E-state index in [4.69, 9.17) is 5.11 Å². The highest BCUT2D eigenvalue weighted by Gasteiger charge is 2.12. The first kappa shape index (κ1) is 14.7. The van der Waals surface area contributed by atoms with E-state index in [1.54, 1.807) is 7.05 Å². The molecule has 5 nitrogen and oxygen atoms in total. The molecule has 2 N–H and O–H groups in total. The highest BCUT2D eigenvalue weighted by molar-refractivity contribution is 5.89. The lowest BCUT2D eigenvalue weighted by Gasteiger charge is -2.29. The van der Waals surface area contributed by atoms with Crippen LogP contribution in [0.1, 0.15) is 19.3 Å². The number of piperidine rings is 1. The van der Waals surface area contributed by atoms with Crippen molar-refractivity contribution in [2.24, 2.45) is 0 Å². The number of nitrogens with zero attached hydrogens (tertiary/aromatic N) is 2. The Balaban J connectivity index is 2.00. The van der Waals surface area contributed by atoms with Crippen LogP contribution < -0.4 is 10.2 Å². The molecule has 1 aromatic rings. The molecule has 0 aliphatic carbocycles. The predicted molar refractivity (Wildman–Crippen MR) is 81.2 cm³/mol. The summed E-state index contributed by atoms with van der Waals surface area (Å²) in [6, 6.07) is 7.74. The molecule has 0 spiro atoms. The van der Waals surface area contributed by atoms with Crippen molar-refractivity contribution >= 4 is 17.4 Å². The quantitative estimate of drug-likeness (QED) is 0.886. The van der Waals surface area contributed by atoms with Gasteiger partial charge in [-0.15, -0.1) is 0 Å². The Morgan fingerprint density at radius 1 is 1.35 bits per heavy atom. The molecule has 0 unspecified atom stereocenters. The van der Waals surface area contributed by atoms with Crippen LogP contribution in [0.25, 0.3) is 0 Å². The van der Waals surface area contributed by atoms with Crippen LogP contribution in [0.2, 0.25) is 0 Å². The first-order chi connectivity index (χ1) is 9.70. The zero-order chi connectivity index (χ0) is 14.4. The molecule has 2 rings (SSSR count). The van der Waals surface area contributed by atoms with Gasteiger partial charge in [0, 0.05) is 38.1 Å². The van der Waals surface area contributed by atoms with E-state index in [1.807, 2.05) is 18.2 Å². The number of likely N-dealkylation sites (N-methyl/N-ethyl adjacent to an activating group) is 1. The van der Waals surface area contributed by atoms with Crippen molar-refractivity contribution in [2.75, 3.05) is 43.5 Å². The standard InChI is InChI=1S/C15H23N3O2/c1-17(10-11-19)15(20)16-13-6-5-7-14(12-13)18-8-3-2-4-9-18/h5-7,12,19H,2-4,8-11H2,1H3,(H,16,20). The van der Waals surface area contributed by atoms with Crippen LogP contribution in [-0.2, 0) is 0 Å². The lowest BCUT2D eigenvalue weighted by molar-refractivity contribution is 0.202. The van der Waals surface area contributed by atoms with Gasteiger partial charge in [0.25, 0.3) is 0 Å². The van der Waals surface area contributed by atoms with Crippen molar-refractivity contribution in [3.63, 3.8) is 0 Å². The number of amides is 2. The maximum absolute atomic E-state index is 11.9. The molecule has 2 amide bonds. The number of carbonyl (C=O) groups excluding carboxylic acids is 1. The molecule has 1 heterocycles. The van der Waals surface area contributed by atoms with Crippen molar-refractivity contribution in [3.8, 4) is 0 Å². The van der Waals surface area contributed by atoms with Crippen LogP contribution in [0.3, 0.4) is 0 Å². The van der Waals surface area contributed by atoms with E-state index in [0.717, 1.165) is 24.5 Å². The van der Waals surface area contributed by atoms with Gasteiger partial charge >= 0.3 is 6.03 Å². The minimum atomic E-state index is -0.199. The maximum Gasteiger partial charge on any atom is 0.321 e. The van der Waals surface area contributed by atoms with Gasteiger partial charge in [0.2, 0.25) is 0 Å². The van der Waals surface area contributed by atoms with Crippen LogP contribution in [0.5, 0.6) is 0 Å². The Bertz CT molecular complexity index is 444. The summed E-state index contributed by atoms with van der Waals surface area (Å²) in [5.41, 5.74) is 1.95. The Kier molecular flexibility index (Phi) is 5.24. The van der Waals surface area contributed by atoms with Crippen molar-refractivity contribution in [1.29, 1.82) is 0 Å². The molecule has 1 aliphatic heterocycles. The number of carbonyl (C=O) groups is 1. The Hall–Kier alpha value is -1.75. The number of rotatable bonds is 4. The second kappa shape index (κ2) is 7.14. The molecule has 0 bridgehead atoms. The third-order valence-corrected chi connectivity index (χ3v) is 3.60. The highest BCUT2D eigenvalue weighted by atomic mass is 16.3. The summed E-state index contributed by atoms with van der Waals surface area (Å²) in [6.07, 6.45) is 3.77. The third kappa shape index (κ3) is 3.87. The lowest BCUT2D eigenvalue weighted by atomic mass is 10.1. The average Bonchev–Trinajstić information content (AvgIpc) is 2.48. The van der Waals surface area contributed by atoms with Gasteiger partial charge in [0.05, 0.1) is 6.61 Å². The van der Waals surface area contributed by atoms with Gasteiger partial charge in [-0.1, -0.05) is 6.07 Å². The Labute approximate surface area is 120 Å². The molecular weight excluding hydrogens is 254 g/mol. The number of hydrogen-bond acceptors (Lipinski definition) is 3. The van der Waals surface area contributed by atoms with Crippen molar-refractivity contribution in [1.82, 2.24) is 4.90 Å². The van der Waals surface area contributed by atoms with Gasteiger partial charge in [-0.25, -0.2) is 4.79 Å². The second-order valence-corrected chi connectivity index (χ2v) is 5.17. The molecule has 1 saturated heterocycles. The fraction of sp³-hybridized carbons (Fsp3) is 0.533. The molecule has 1 fully saturated rings. The topological polar surface area (TPSA) is 55.8 Å². The molecule has 0 radical (unpaired) electrons. The Morgan fingerprint density at radius 3 is 2.80 bits per heavy atom. The van der Waals surface area contributed by atoms with Gasteiger partial charge in [-0.05, 0) is 37.5 Å². The predicted octanol–water partition coefficient (Wildman–Crippen LogP) is 2.13. The normalized spacial score (nSPS) is 15.0. The van der Waals surface area contributed by atoms with Crippen LogP contribution in [0.15, 0.2) is 24.3 Å². The molecule has 1 aliphatic rings. The zero-order valence-electron chi connectivity index (χ0n) is 12.0. The molecule has 110 valence electrons. The van der Waals surface area contributed by atoms with Crippen molar-refractivity contribution in [3.05, 3.63) is 24.3 Å². The summed E-state index contributed by atoms with van der Waals surface area (Å²) >= 11 is 0. The van der Waals surface area contributed by atoms with E-state index >= 15 is 0 Å². The summed E-state index contributed by atoms with van der Waals surface area (Å²) in [7, 11) is 1.67. The molecule has 0 atom stereocenters. The summed E-state index contributed by atoms with van der Waals surface area (Å²) < 4.78 is 0. The Morgan fingerprint density at radius 2 is 2.10 bits per heavy atom. The molecule has 5 heteroatoms. The minimum Gasteiger partial charge on any atom is -0.395 e. The molecular formula is C15H23N3O2. The van der Waals surface area contributed by atoms with E-state index in [9.17, 15) is 4.79 Å². The first-order valence-electron chi connectivity index (χ1n) is 7.18. The lowest BCUT2D eigenvalue weighted by Crippen LogP contribution is -2.33. The van der Waals surface area contributed by atoms with Crippen LogP contribution in [0, 0.1) is 0 Å². The van der Waals surface area contributed by atoms with E-state index in [0.29, 0.717) is 6.54 Å². The number of benzene rings is 1. The fourth-order valence-corrected chi connectivity index (χ4v) is 2.40. The average molecular weight is 277 g/mol. The number of aliphatic hydroxyl groups excluding tert-OH is 1. The van der Waals surface area contributed by atoms with E-state index in [-0.39, 0.29) is 12.6 Å². The molecule has 0 saturated carbocycles. The van der Waals surface area contributed by atoms with E-state index < -0.39 is 0 Å². The third-order valence-electron chi connectivity index (χ3n) is 3.60. The van der Waals surface area contributed by atoms with Crippen LogP contribution in [-0.4, -0.2) is 49.3 Å². The van der Waals surface area contributed by atoms with Crippen LogP contribution >= 0.6 is 0 Å². The van der Waals surface area contributed by atoms with Gasteiger partial charge in [-0.3, -0.25) is 0 Å². The SMILES string of the molecule is CN(CCO)C(=O)Nc1cccc(N2CCCCC2)c1. The zero-order valence-corrected chi connectivity index (χ0v) is 12.0. The summed E-state index contributed by atoms with van der Waals surface area (Å²) in [5, 5.41) is 11.7. The first-order valence-corrected chi connectivity index (χ1v) is 7.18. The monoisotopic (exact) mass is 277 g/mol.